The van der Waals surface area contributed by atoms with E-state index >= 15 is 0 Å². The van der Waals surface area contributed by atoms with E-state index in [4.69, 9.17) is 16.3 Å². The van der Waals surface area contributed by atoms with Crippen molar-refractivity contribution in [1.82, 2.24) is 5.32 Å². The first kappa shape index (κ1) is 13.1. The van der Waals surface area contributed by atoms with Gasteiger partial charge in [0, 0.05) is 18.0 Å². The van der Waals surface area contributed by atoms with Crippen molar-refractivity contribution in [2.24, 2.45) is 0 Å². The topological polar surface area (TPSA) is 38.3 Å². The van der Waals surface area contributed by atoms with E-state index in [1.165, 1.54) is 5.57 Å². The molecule has 2 rings (SSSR count). The summed E-state index contributed by atoms with van der Waals surface area (Å²) in [5.74, 6) is 0.348. The van der Waals surface area contributed by atoms with Gasteiger partial charge < -0.3 is 10.1 Å². The Balaban J connectivity index is 1.78. The molecular weight excluding hydrogens is 250 g/mol. The predicted octanol–water partition coefficient (Wildman–Crippen LogP) is 2.95. The minimum absolute atomic E-state index is 0.197. The van der Waals surface area contributed by atoms with Gasteiger partial charge in [-0.1, -0.05) is 23.3 Å². The second kappa shape index (κ2) is 6.57. The van der Waals surface area contributed by atoms with Crippen LogP contribution >= 0.6 is 11.6 Å². The average molecular weight is 266 g/mol. The van der Waals surface area contributed by atoms with Gasteiger partial charge >= 0.3 is 5.97 Å². The highest BCUT2D eigenvalue weighted by molar-refractivity contribution is 6.30. The van der Waals surface area contributed by atoms with Crippen LogP contribution in [0.4, 0.5) is 0 Å². The van der Waals surface area contributed by atoms with Crippen molar-refractivity contribution in [3.63, 3.8) is 0 Å². The number of carbonyl (C=O) groups excluding carboxylic acids is 1. The molecule has 0 saturated carbocycles. The molecule has 1 aliphatic heterocycles. The second-order valence-electron chi connectivity index (χ2n) is 4.24. The average Bonchev–Trinajstić information content (AvgIpc) is 2.40. The molecule has 0 fully saturated rings. The molecule has 4 heteroatoms. The maximum atomic E-state index is 11.6. The predicted molar refractivity (Wildman–Crippen MR) is 71.9 cm³/mol. The monoisotopic (exact) mass is 265 g/mol. The van der Waals surface area contributed by atoms with Crippen LogP contribution in [0.15, 0.2) is 35.9 Å². The van der Waals surface area contributed by atoms with Crippen LogP contribution in [0.25, 0.3) is 0 Å². The molecule has 1 heterocycles. The normalized spacial score (nSPS) is 15.1. The minimum atomic E-state index is -0.197. The zero-order valence-corrected chi connectivity index (χ0v) is 10.9. The standard InChI is InChI=1S/C14H16ClNO2/c15-12-2-4-13(5-3-12)18-14(17)6-1-11-7-9-16-10-8-11/h2-5,7,16H,1,6,8-10H2. The molecular formula is C14H16ClNO2. The molecule has 0 spiro atoms. The summed E-state index contributed by atoms with van der Waals surface area (Å²) in [7, 11) is 0. The van der Waals surface area contributed by atoms with Crippen LogP contribution in [0.2, 0.25) is 5.02 Å². The zero-order chi connectivity index (χ0) is 12.8. The van der Waals surface area contributed by atoms with Crippen molar-refractivity contribution < 1.29 is 9.53 Å². The Morgan fingerprint density at radius 2 is 2.11 bits per heavy atom. The number of ether oxygens (including phenoxy) is 1. The Kier molecular flexibility index (Phi) is 4.79. The summed E-state index contributed by atoms with van der Waals surface area (Å²) in [6, 6.07) is 6.81. The van der Waals surface area contributed by atoms with Crippen LogP contribution in [-0.4, -0.2) is 19.1 Å². The van der Waals surface area contributed by atoms with Gasteiger partial charge in [-0.05, 0) is 43.7 Å². The summed E-state index contributed by atoms with van der Waals surface area (Å²) in [6.45, 7) is 1.90. The lowest BCUT2D eigenvalue weighted by atomic mass is 10.0. The van der Waals surface area contributed by atoms with Gasteiger partial charge in [-0.2, -0.15) is 0 Å². The summed E-state index contributed by atoms with van der Waals surface area (Å²) in [5.41, 5.74) is 1.34. The fourth-order valence-electron chi connectivity index (χ4n) is 1.84. The van der Waals surface area contributed by atoms with Crippen molar-refractivity contribution in [1.29, 1.82) is 0 Å². The Labute approximate surface area is 112 Å². The fraction of sp³-hybridized carbons (Fsp3) is 0.357. The lowest BCUT2D eigenvalue weighted by Gasteiger charge is -2.13. The fourth-order valence-corrected chi connectivity index (χ4v) is 1.97. The van der Waals surface area contributed by atoms with Gasteiger partial charge in [0.25, 0.3) is 0 Å². The van der Waals surface area contributed by atoms with Gasteiger partial charge in [0.05, 0.1) is 0 Å². The first-order valence-electron chi connectivity index (χ1n) is 6.09. The van der Waals surface area contributed by atoms with Crippen LogP contribution < -0.4 is 10.1 Å². The number of esters is 1. The first-order chi connectivity index (χ1) is 8.74. The largest absolute Gasteiger partial charge is 0.427 e. The molecule has 0 aliphatic carbocycles. The Morgan fingerprint density at radius 3 is 2.78 bits per heavy atom. The summed E-state index contributed by atoms with van der Waals surface area (Å²) < 4.78 is 5.22. The summed E-state index contributed by atoms with van der Waals surface area (Å²) >= 11 is 5.76. The van der Waals surface area contributed by atoms with E-state index in [1.54, 1.807) is 24.3 Å². The van der Waals surface area contributed by atoms with Crippen molar-refractivity contribution in [2.75, 3.05) is 13.1 Å². The number of carbonyl (C=O) groups is 1. The maximum absolute atomic E-state index is 11.6. The maximum Gasteiger partial charge on any atom is 0.311 e. The Bertz CT molecular complexity index is 440. The third-order valence-corrected chi connectivity index (χ3v) is 3.11. The number of rotatable bonds is 4. The van der Waals surface area contributed by atoms with Gasteiger partial charge in [-0.15, -0.1) is 0 Å². The number of halogens is 1. The van der Waals surface area contributed by atoms with Crippen molar-refractivity contribution in [3.05, 3.63) is 40.9 Å². The lowest BCUT2D eigenvalue weighted by Crippen LogP contribution is -2.21. The van der Waals surface area contributed by atoms with Crippen LogP contribution in [0, 0.1) is 0 Å². The highest BCUT2D eigenvalue weighted by Gasteiger charge is 2.08. The lowest BCUT2D eigenvalue weighted by molar-refractivity contribution is -0.134. The molecule has 0 radical (unpaired) electrons. The second-order valence-corrected chi connectivity index (χ2v) is 4.68. The van der Waals surface area contributed by atoms with Crippen molar-refractivity contribution in [3.8, 4) is 5.75 Å². The minimum Gasteiger partial charge on any atom is -0.427 e. The number of hydrogen-bond donors (Lipinski definition) is 1. The summed E-state index contributed by atoms with van der Waals surface area (Å²) in [5, 5.41) is 3.88. The highest BCUT2D eigenvalue weighted by atomic mass is 35.5. The molecule has 0 amide bonds. The molecule has 0 atom stereocenters. The van der Waals surface area contributed by atoms with Gasteiger partial charge in [-0.25, -0.2) is 0 Å². The molecule has 96 valence electrons. The third-order valence-electron chi connectivity index (χ3n) is 2.85. The quantitative estimate of drug-likeness (QED) is 0.517. The van der Waals surface area contributed by atoms with E-state index in [2.05, 4.69) is 11.4 Å². The van der Waals surface area contributed by atoms with Gasteiger partial charge in [0.2, 0.25) is 0 Å². The SMILES string of the molecule is O=C(CCC1=CCNCC1)Oc1ccc(Cl)cc1. The van der Waals surface area contributed by atoms with E-state index in [-0.39, 0.29) is 5.97 Å². The van der Waals surface area contributed by atoms with Crippen LogP contribution in [-0.2, 0) is 4.79 Å². The molecule has 1 aliphatic rings. The molecule has 3 nitrogen and oxygen atoms in total. The third kappa shape index (κ3) is 4.17. The van der Waals surface area contributed by atoms with Crippen LogP contribution in [0.3, 0.4) is 0 Å². The summed E-state index contributed by atoms with van der Waals surface area (Å²) in [4.78, 5) is 11.6. The number of hydrogen-bond acceptors (Lipinski definition) is 3. The molecule has 0 bridgehead atoms. The van der Waals surface area contributed by atoms with Crippen LogP contribution in [0.1, 0.15) is 19.3 Å². The Morgan fingerprint density at radius 1 is 1.33 bits per heavy atom. The van der Waals surface area contributed by atoms with E-state index in [0.717, 1.165) is 25.9 Å². The molecule has 0 saturated heterocycles. The van der Waals surface area contributed by atoms with Crippen LogP contribution in [0.5, 0.6) is 5.75 Å². The number of benzene rings is 1. The van der Waals surface area contributed by atoms with Gasteiger partial charge in [-0.3, -0.25) is 4.79 Å². The molecule has 1 N–H and O–H groups in total. The first-order valence-corrected chi connectivity index (χ1v) is 6.47. The molecule has 0 aromatic heterocycles. The highest BCUT2D eigenvalue weighted by Crippen LogP contribution is 2.17. The van der Waals surface area contributed by atoms with Crippen molar-refractivity contribution >= 4 is 17.6 Å². The van der Waals surface area contributed by atoms with E-state index in [9.17, 15) is 4.79 Å². The van der Waals surface area contributed by atoms with E-state index in [0.29, 0.717) is 17.2 Å². The smallest absolute Gasteiger partial charge is 0.311 e. The Hall–Kier alpha value is -1.32. The van der Waals surface area contributed by atoms with Gasteiger partial charge in [0.1, 0.15) is 5.75 Å². The molecule has 18 heavy (non-hydrogen) atoms. The van der Waals surface area contributed by atoms with E-state index < -0.39 is 0 Å². The molecule has 0 unspecified atom stereocenters. The number of nitrogens with one attached hydrogen (secondary N) is 1. The van der Waals surface area contributed by atoms with E-state index in [1.807, 2.05) is 0 Å². The molecule has 1 aromatic rings. The summed E-state index contributed by atoms with van der Waals surface area (Å²) in [6.07, 6.45) is 4.38. The van der Waals surface area contributed by atoms with Crippen molar-refractivity contribution in [2.45, 2.75) is 19.3 Å². The molecule has 1 aromatic carbocycles. The van der Waals surface area contributed by atoms with Gasteiger partial charge in [0.15, 0.2) is 0 Å². The zero-order valence-electron chi connectivity index (χ0n) is 10.1.